The van der Waals surface area contributed by atoms with Crippen LogP contribution in [0.25, 0.3) is 11.1 Å². The van der Waals surface area contributed by atoms with Crippen LogP contribution < -0.4 is 5.32 Å². The molecule has 1 N–H and O–H groups in total. The van der Waals surface area contributed by atoms with E-state index in [0.717, 1.165) is 5.69 Å². The highest BCUT2D eigenvalue weighted by Gasteiger charge is 2.11. The van der Waals surface area contributed by atoms with Gasteiger partial charge in [0.05, 0.1) is 5.02 Å². The van der Waals surface area contributed by atoms with Crippen LogP contribution in [-0.4, -0.2) is 11.5 Å². The molecule has 0 aliphatic rings. The van der Waals surface area contributed by atoms with Gasteiger partial charge >= 0.3 is 0 Å². The summed E-state index contributed by atoms with van der Waals surface area (Å²) in [5.41, 5.74) is 3.15. The van der Waals surface area contributed by atoms with Crippen molar-refractivity contribution >= 4 is 28.4 Å². The number of nitrogens with one attached hydrogen (secondary N) is 1. The standard InChI is InChI=1S/C16H14ClFN2O/c1-10-4-2-3-5-13(10)19-7-6-15-20-14-9-11(18)8-12(17)16(14)21-15/h2-5,8-9,19H,6-7H2,1H3. The van der Waals surface area contributed by atoms with E-state index in [4.69, 9.17) is 16.0 Å². The number of benzene rings is 2. The number of rotatable bonds is 4. The monoisotopic (exact) mass is 304 g/mol. The summed E-state index contributed by atoms with van der Waals surface area (Å²) < 4.78 is 18.8. The number of hydrogen-bond acceptors (Lipinski definition) is 3. The maximum absolute atomic E-state index is 13.2. The molecule has 3 aromatic rings. The molecule has 5 heteroatoms. The van der Waals surface area contributed by atoms with Gasteiger partial charge in [0.15, 0.2) is 11.5 Å². The van der Waals surface area contributed by atoms with E-state index in [1.807, 2.05) is 31.2 Å². The molecule has 2 aromatic carbocycles. The number of anilines is 1. The zero-order valence-electron chi connectivity index (χ0n) is 11.5. The number of fused-ring (bicyclic) bond motifs is 1. The Hall–Kier alpha value is -2.07. The molecule has 3 nitrogen and oxygen atoms in total. The van der Waals surface area contributed by atoms with Crippen LogP contribution in [0.1, 0.15) is 11.5 Å². The van der Waals surface area contributed by atoms with Crippen molar-refractivity contribution in [2.24, 2.45) is 0 Å². The summed E-state index contributed by atoms with van der Waals surface area (Å²) in [6.45, 7) is 2.72. The Labute approximate surface area is 126 Å². The van der Waals surface area contributed by atoms with Gasteiger partial charge in [-0.3, -0.25) is 0 Å². The summed E-state index contributed by atoms with van der Waals surface area (Å²) in [6.07, 6.45) is 0.598. The molecular formula is C16H14ClFN2O. The first-order valence-electron chi connectivity index (χ1n) is 6.67. The molecule has 1 aromatic heterocycles. The first kappa shape index (κ1) is 13.9. The maximum Gasteiger partial charge on any atom is 0.197 e. The largest absolute Gasteiger partial charge is 0.439 e. The summed E-state index contributed by atoms with van der Waals surface area (Å²) in [5, 5.41) is 3.57. The normalized spacial score (nSPS) is 11.0. The Morgan fingerprint density at radius 2 is 2.10 bits per heavy atom. The highest BCUT2D eigenvalue weighted by atomic mass is 35.5. The second kappa shape index (κ2) is 5.74. The minimum atomic E-state index is -0.412. The van der Waals surface area contributed by atoms with Gasteiger partial charge < -0.3 is 9.73 Å². The van der Waals surface area contributed by atoms with Crippen molar-refractivity contribution < 1.29 is 8.81 Å². The predicted molar refractivity (Wildman–Crippen MR) is 82.3 cm³/mol. The SMILES string of the molecule is Cc1ccccc1NCCc1nc2cc(F)cc(Cl)c2o1. The van der Waals surface area contributed by atoms with Crippen LogP contribution in [-0.2, 0) is 6.42 Å². The van der Waals surface area contributed by atoms with Gasteiger partial charge in [-0.1, -0.05) is 29.8 Å². The lowest BCUT2D eigenvalue weighted by atomic mass is 10.2. The second-order valence-corrected chi connectivity index (χ2v) is 5.24. The number of nitrogens with zero attached hydrogens (tertiary/aromatic N) is 1. The summed E-state index contributed by atoms with van der Waals surface area (Å²) in [6, 6.07) is 10.6. The lowest BCUT2D eigenvalue weighted by molar-refractivity contribution is 0.533. The minimum absolute atomic E-state index is 0.246. The van der Waals surface area contributed by atoms with Gasteiger partial charge in [-0.15, -0.1) is 0 Å². The Bertz CT molecular complexity index is 785. The van der Waals surface area contributed by atoms with Crippen LogP contribution in [0.2, 0.25) is 5.02 Å². The number of aryl methyl sites for hydroxylation is 1. The summed E-state index contributed by atoms with van der Waals surface area (Å²) in [5.74, 6) is 0.129. The fraction of sp³-hybridized carbons (Fsp3) is 0.188. The van der Waals surface area contributed by atoms with Gasteiger partial charge in [-0.2, -0.15) is 0 Å². The van der Waals surface area contributed by atoms with Crippen molar-refractivity contribution in [2.75, 3.05) is 11.9 Å². The molecule has 0 fully saturated rings. The average Bonchev–Trinajstić information content (AvgIpc) is 2.84. The van der Waals surface area contributed by atoms with Crippen LogP contribution in [0.15, 0.2) is 40.8 Å². The molecule has 0 spiro atoms. The molecule has 1 heterocycles. The Balaban J connectivity index is 1.71. The van der Waals surface area contributed by atoms with E-state index in [-0.39, 0.29) is 5.02 Å². The molecule has 0 atom stereocenters. The van der Waals surface area contributed by atoms with E-state index in [1.54, 1.807) is 0 Å². The molecule has 21 heavy (non-hydrogen) atoms. The van der Waals surface area contributed by atoms with Gasteiger partial charge in [-0.25, -0.2) is 9.37 Å². The molecule has 0 saturated heterocycles. The van der Waals surface area contributed by atoms with Gasteiger partial charge in [0.1, 0.15) is 11.3 Å². The first-order valence-corrected chi connectivity index (χ1v) is 7.05. The third-order valence-electron chi connectivity index (χ3n) is 3.25. The Morgan fingerprint density at radius 1 is 1.29 bits per heavy atom. The Kier molecular flexibility index (Phi) is 3.80. The van der Waals surface area contributed by atoms with Crippen LogP contribution in [0.5, 0.6) is 0 Å². The van der Waals surface area contributed by atoms with E-state index in [0.29, 0.717) is 30.0 Å². The number of oxazole rings is 1. The predicted octanol–water partition coefficient (Wildman–Crippen LogP) is 4.58. The van der Waals surface area contributed by atoms with Gasteiger partial charge in [0, 0.05) is 24.7 Å². The molecule has 0 amide bonds. The fourth-order valence-corrected chi connectivity index (χ4v) is 2.43. The molecule has 0 unspecified atom stereocenters. The van der Waals surface area contributed by atoms with E-state index in [2.05, 4.69) is 10.3 Å². The summed E-state index contributed by atoms with van der Waals surface area (Å²) in [4.78, 5) is 4.26. The van der Waals surface area contributed by atoms with Crippen molar-refractivity contribution in [3.8, 4) is 0 Å². The molecule has 108 valence electrons. The quantitative estimate of drug-likeness (QED) is 0.766. The Morgan fingerprint density at radius 3 is 2.90 bits per heavy atom. The smallest absolute Gasteiger partial charge is 0.197 e. The topological polar surface area (TPSA) is 38.1 Å². The van der Waals surface area contributed by atoms with Gasteiger partial charge in [0.25, 0.3) is 0 Å². The maximum atomic E-state index is 13.2. The second-order valence-electron chi connectivity index (χ2n) is 4.84. The van der Waals surface area contributed by atoms with E-state index >= 15 is 0 Å². The van der Waals surface area contributed by atoms with Gasteiger partial charge in [-0.05, 0) is 24.6 Å². The zero-order chi connectivity index (χ0) is 14.8. The summed E-state index contributed by atoms with van der Waals surface area (Å²) >= 11 is 5.94. The summed E-state index contributed by atoms with van der Waals surface area (Å²) in [7, 11) is 0. The van der Waals surface area contributed by atoms with Crippen molar-refractivity contribution in [3.63, 3.8) is 0 Å². The zero-order valence-corrected chi connectivity index (χ0v) is 12.2. The van der Waals surface area contributed by atoms with Crippen molar-refractivity contribution in [2.45, 2.75) is 13.3 Å². The van der Waals surface area contributed by atoms with Crippen molar-refractivity contribution in [1.82, 2.24) is 4.98 Å². The lowest BCUT2D eigenvalue weighted by Crippen LogP contribution is -2.05. The van der Waals surface area contributed by atoms with Crippen LogP contribution in [0.3, 0.4) is 0 Å². The molecule has 3 rings (SSSR count). The number of aromatic nitrogens is 1. The van der Waals surface area contributed by atoms with Crippen LogP contribution in [0.4, 0.5) is 10.1 Å². The highest BCUT2D eigenvalue weighted by Crippen LogP contribution is 2.26. The van der Waals surface area contributed by atoms with Crippen molar-refractivity contribution in [3.05, 3.63) is 58.7 Å². The number of hydrogen-bond donors (Lipinski definition) is 1. The average molecular weight is 305 g/mol. The first-order chi connectivity index (χ1) is 10.1. The minimum Gasteiger partial charge on any atom is -0.439 e. The molecule has 0 aliphatic carbocycles. The highest BCUT2D eigenvalue weighted by molar-refractivity contribution is 6.34. The fourth-order valence-electron chi connectivity index (χ4n) is 2.19. The van der Waals surface area contributed by atoms with E-state index in [9.17, 15) is 4.39 Å². The molecular weight excluding hydrogens is 291 g/mol. The lowest BCUT2D eigenvalue weighted by Gasteiger charge is -2.07. The van der Waals surface area contributed by atoms with E-state index < -0.39 is 5.82 Å². The van der Waals surface area contributed by atoms with Crippen LogP contribution in [0, 0.1) is 12.7 Å². The van der Waals surface area contributed by atoms with Crippen molar-refractivity contribution in [1.29, 1.82) is 0 Å². The molecule has 0 radical (unpaired) electrons. The molecule has 0 aliphatic heterocycles. The number of halogens is 2. The van der Waals surface area contributed by atoms with E-state index in [1.165, 1.54) is 17.7 Å². The number of para-hydroxylation sites is 1. The van der Waals surface area contributed by atoms with Crippen LogP contribution >= 0.6 is 11.6 Å². The molecule has 0 bridgehead atoms. The third-order valence-corrected chi connectivity index (χ3v) is 3.53. The third kappa shape index (κ3) is 3.00. The molecule has 0 saturated carbocycles. The van der Waals surface area contributed by atoms with Gasteiger partial charge in [0.2, 0.25) is 0 Å².